The molecule has 10 aromatic carbocycles. The molecular weight excluding hydrogens is 721 g/mol. The maximum absolute atomic E-state index is 2.52. The minimum Gasteiger partial charge on any atom is -0.0622 e. The van der Waals surface area contributed by atoms with Gasteiger partial charge in [-0.2, -0.15) is 0 Å². The largest absolute Gasteiger partial charge is 0.0622 e. The molecule has 0 heteroatoms. The van der Waals surface area contributed by atoms with Crippen molar-refractivity contribution in [1.29, 1.82) is 0 Å². The first kappa shape index (κ1) is 35.0. The fraction of sp³-hybridized carbons (Fsp3) is 0.100. The van der Waals surface area contributed by atoms with Crippen LogP contribution >= 0.6 is 0 Å². The van der Waals surface area contributed by atoms with Gasteiger partial charge in [-0.05, 0) is 158 Å². The first-order chi connectivity index (χ1) is 29.3. The van der Waals surface area contributed by atoms with Crippen LogP contribution in [0.3, 0.4) is 0 Å². The lowest BCUT2D eigenvalue weighted by Crippen LogP contribution is -2.24. The second kappa shape index (κ2) is 12.7. The average Bonchev–Trinajstić information content (AvgIpc) is 3.67. The van der Waals surface area contributed by atoms with Gasteiger partial charge in [0.15, 0.2) is 0 Å². The molecular formula is C60H44. The molecule has 0 fully saturated rings. The van der Waals surface area contributed by atoms with Gasteiger partial charge < -0.3 is 0 Å². The van der Waals surface area contributed by atoms with E-state index >= 15 is 0 Å². The smallest absolute Gasteiger partial charge is 0.0162 e. The molecule has 0 amide bonds. The predicted octanol–water partition coefficient (Wildman–Crippen LogP) is 16.4. The molecule has 0 heterocycles. The summed E-state index contributed by atoms with van der Waals surface area (Å²) >= 11 is 0. The average molecular weight is 765 g/mol. The van der Waals surface area contributed by atoms with E-state index < -0.39 is 0 Å². The van der Waals surface area contributed by atoms with E-state index in [1.807, 2.05) is 0 Å². The van der Waals surface area contributed by atoms with Crippen LogP contribution in [0, 0.1) is 0 Å². The second-order valence-corrected chi connectivity index (χ2v) is 18.0. The zero-order valence-electron chi connectivity index (χ0n) is 34.5. The molecule has 0 bridgehead atoms. The Balaban J connectivity index is 1.06. The third-order valence-corrected chi connectivity index (χ3v) is 14.0. The van der Waals surface area contributed by atoms with Crippen LogP contribution in [0.1, 0.15) is 49.9 Å². The molecule has 0 aliphatic heterocycles. The van der Waals surface area contributed by atoms with E-state index in [-0.39, 0.29) is 10.8 Å². The summed E-state index contributed by atoms with van der Waals surface area (Å²) < 4.78 is 0. The molecule has 0 atom stereocenters. The number of fused-ring (bicyclic) bond motifs is 12. The van der Waals surface area contributed by atoms with Crippen molar-refractivity contribution >= 4 is 32.3 Å². The fourth-order valence-electron chi connectivity index (χ4n) is 11.1. The number of benzene rings is 10. The highest BCUT2D eigenvalue weighted by Gasteiger charge is 2.47. The summed E-state index contributed by atoms with van der Waals surface area (Å²) in [4.78, 5) is 0. The second-order valence-electron chi connectivity index (χ2n) is 18.0. The van der Waals surface area contributed by atoms with E-state index in [9.17, 15) is 0 Å². The third kappa shape index (κ3) is 4.98. The van der Waals surface area contributed by atoms with Crippen molar-refractivity contribution in [2.75, 3.05) is 0 Å². The lowest BCUT2D eigenvalue weighted by Gasteiger charge is -2.31. The number of hydrogen-bond donors (Lipinski definition) is 0. The molecule has 10 aromatic rings. The Kier molecular flexibility index (Phi) is 7.42. The number of hydrogen-bond acceptors (Lipinski definition) is 0. The molecule has 0 unspecified atom stereocenters. The van der Waals surface area contributed by atoms with Gasteiger partial charge in [0.25, 0.3) is 0 Å². The van der Waals surface area contributed by atoms with Gasteiger partial charge in [-0.25, -0.2) is 0 Å². The Hall–Kier alpha value is -7.02. The van der Waals surface area contributed by atoms with Gasteiger partial charge in [0, 0.05) is 10.8 Å². The maximum atomic E-state index is 2.52. The van der Waals surface area contributed by atoms with Crippen LogP contribution in [-0.2, 0) is 10.8 Å². The van der Waals surface area contributed by atoms with Gasteiger partial charge in [-0.3, -0.25) is 0 Å². The molecule has 0 saturated heterocycles. The first-order valence-electron chi connectivity index (χ1n) is 21.3. The van der Waals surface area contributed by atoms with Crippen molar-refractivity contribution in [3.05, 3.63) is 216 Å². The SMILES string of the molecule is CC1(C)c2cc(-c3cc4ccccc4cc3-c3ccccc3)ccc2-c2c1c1c(c3ccccc23)-c2ccc(-c3cc4ccccc4cc3-c3ccccc3)cc2C1(C)C. The van der Waals surface area contributed by atoms with Crippen molar-refractivity contribution in [2.45, 2.75) is 38.5 Å². The first-order valence-corrected chi connectivity index (χ1v) is 21.3. The Labute approximate surface area is 352 Å². The Morgan fingerprint density at radius 3 is 0.950 bits per heavy atom. The van der Waals surface area contributed by atoms with Gasteiger partial charge in [0.2, 0.25) is 0 Å². The predicted molar refractivity (Wildman–Crippen MR) is 256 cm³/mol. The Morgan fingerprint density at radius 2 is 0.583 bits per heavy atom. The van der Waals surface area contributed by atoms with Gasteiger partial charge in [-0.1, -0.05) is 185 Å². The summed E-state index contributed by atoms with van der Waals surface area (Å²) in [5.74, 6) is 0. The molecule has 0 nitrogen and oxygen atoms in total. The van der Waals surface area contributed by atoms with E-state index in [1.165, 1.54) is 121 Å². The van der Waals surface area contributed by atoms with E-state index in [1.54, 1.807) is 0 Å². The van der Waals surface area contributed by atoms with Crippen molar-refractivity contribution in [3.63, 3.8) is 0 Å². The summed E-state index contributed by atoms with van der Waals surface area (Å²) in [6, 6.07) is 72.7. The molecule has 0 saturated carbocycles. The zero-order chi connectivity index (χ0) is 40.3. The molecule has 0 N–H and O–H groups in total. The van der Waals surface area contributed by atoms with Crippen LogP contribution in [0.4, 0.5) is 0 Å². The molecule has 0 radical (unpaired) electrons. The highest BCUT2D eigenvalue weighted by molar-refractivity contribution is 6.13. The van der Waals surface area contributed by atoms with E-state index in [0.29, 0.717) is 0 Å². The molecule has 0 aromatic heterocycles. The van der Waals surface area contributed by atoms with Gasteiger partial charge in [0.1, 0.15) is 0 Å². The van der Waals surface area contributed by atoms with E-state index in [0.717, 1.165) is 0 Å². The zero-order valence-corrected chi connectivity index (χ0v) is 34.5. The molecule has 284 valence electrons. The molecule has 0 spiro atoms. The summed E-state index contributed by atoms with van der Waals surface area (Å²) in [6.07, 6.45) is 0. The molecule has 2 aliphatic rings. The lowest BCUT2D eigenvalue weighted by atomic mass is 9.71. The fourth-order valence-corrected chi connectivity index (χ4v) is 11.1. The van der Waals surface area contributed by atoms with Crippen LogP contribution < -0.4 is 0 Å². The minimum atomic E-state index is -0.237. The highest BCUT2D eigenvalue weighted by Crippen LogP contribution is 2.62. The number of rotatable bonds is 4. The summed E-state index contributed by atoms with van der Waals surface area (Å²) in [5.41, 5.74) is 20.9. The van der Waals surface area contributed by atoms with Crippen molar-refractivity contribution in [3.8, 4) is 66.8 Å². The quantitative estimate of drug-likeness (QED) is 0.167. The van der Waals surface area contributed by atoms with Gasteiger partial charge in [0.05, 0.1) is 0 Å². The maximum Gasteiger partial charge on any atom is 0.0162 e. The summed E-state index contributed by atoms with van der Waals surface area (Å²) in [5, 5.41) is 7.73. The van der Waals surface area contributed by atoms with Crippen molar-refractivity contribution in [1.82, 2.24) is 0 Å². The van der Waals surface area contributed by atoms with Gasteiger partial charge in [-0.15, -0.1) is 0 Å². The van der Waals surface area contributed by atoms with Crippen LogP contribution in [0.25, 0.3) is 99.1 Å². The molecule has 2 aliphatic carbocycles. The summed E-state index contributed by atoms with van der Waals surface area (Å²) in [7, 11) is 0. The van der Waals surface area contributed by atoms with Gasteiger partial charge >= 0.3 is 0 Å². The monoisotopic (exact) mass is 764 g/mol. The van der Waals surface area contributed by atoms with Crippen molar-refractivity contribution in [2.24, 2.45) is 0 Å². The van der Waals surface area contributed by atoms with E-state index in [4.69, 9.17) is 0 Å². The Morgan fingerprint density at radius 1 is 0.267 bits per heavy atom. The Bertz CT molecular complexity index is 3170. The molecule has 60 heavy (non-hydrogen) atoms. The summed E-state index contributed by atoms with van der Waals surface area (Å²) in [6.45, 7) is 9.89. The third-order valence-electron chi connectivity index (χ3n) is 14.0. The van der Waals surface area contributed by atoms with Crippen LogP contribution in [0.15, 0.2) is 194 Å². The highest BCUT2D eigenvalue weighted by atomic mass is 14.5. The van der Waals surface area contributed by atoms with Crippen molar-refractivity contribution < 1.29 is 0 Å². The lowest BCUT2D eigenvalue weighted by molar-refractivity contribution is 0.602. The van der Waals surface area contributed by atoms with E-state index in [2.05, 4.69) is 222 Å². The van der Waals surface area contributed by atoms with Crippen LogP contribution in [-0.4, -0.2) is 0 Å². The topological polar surface area (TPSA) is 0 Å². The minimum absolute atomic E-state index is 0.237. The van der Waals surface area contributed by atoms with Crippen LogP contribution in [0.2, 0.25) is 0 Å². The molecule has 12 rings (SSSR count). The van der Waals surface area contributed by atoms with Crippen LogP contribution in [0.5, 0.6) is 0 Å². The normalized spacial score (nSPS) is 14.3. The standard InChI is InChI=1S/C60H44/c1-59(2)53-35-43(51-33-41-23-13-11-21-39(41)31-49(51)37-17-7-5-8-18-37)27-29-47(53)55-45-25-15-16-26-46(45)56-48-30-28-44(36-54(48)60(3,4)58(56)57(55)59)52-34-42-24-14-12-22-40(42)32-50(52)38-19-9-6-10-20-38/h5-36H,1-4H3.